The number of aryl methyl sites for hydroxylation is 1. The predicted octanol–water partition coefficient (Wildman–Crippen LogP) is 0.917. The van der Waals surface area contributed by atoms with E-state index in [2.05, 4.69) is 21.6 Å². The molecule has 0 radical (unpaired) electrons. The largest absolute Gasteiger partial charge is 0.308 e. The van der Waals surface area contributed by atoms with E-state index in [0.717, 1.165) is 24.8 Å². The molecule has 2 heterocycles. The van der Waals surface area contributed by atoms with E-state index in [-0.39, 0.29) is 0 Å². The van der Waals surface area contributed by atoms with Crippen molar-refractivity contribution >= 4 is 0 Å². The molecule has 0 aliphatic heterocycles. The number of nitrogens with zero attached hydrogens (tertiary/aromatic N) is 4. The smallest absolute Gasteiger partial charge is 0.0762 e. The number of aromatic nitrogens is 4. The van der Waals surface area contributed by atoms with Gasteiger partial charge in [0.1, 0.15) is 0 Å². The van der Waals surface area contributed by atoms with Crippen molar-refractivity contribution in [2.75, 3.05) is 0 Å². The van der Waals surface area contributed by atoms with Crippen LogP contribution < -0.4 is 5.32 Å². The van der Waals surface area contributed by atoms with Crippen LogP contribution in [0.2, 0.25) is 0 Å². The lowest BCUT2D eigenvalue weighted by atomic mass is 10.4. The SMILES string of the molecule is Cn1cc(Cn2ccc(CNC3CC3)n2)cn1. The summed E-state index contributed by atoms with van der Waals surface area (Å²) in [6.07, 6.45) is 8.55. The number of hydrogen-bond donors (Lipinski definition) is 1. The topological polar surface area (TPSA) is 47.7 Å². The van der Waals surface area contributed by atoms with Crippen molar-refractivity contribution in [1.82, 2.24) is 24.9 Å². The highest BCUT2D eigenvalue weighted by Gasteiger charge is 2.20. The van der Waals surface area contributed by atoms with Gasteiger partial charge in [-0.25, -0.2) is 0 Å². The van der Waals surface area contributed by atoms with Gasteiger partial charge in [0.05, 0.1) is 18.4 Å². The summed E-state index contributed by atoms with van der Waals surface area (Å²) in [6.45, 7) is 1.67. The van der Waals surface area contributed by atoms with E-state index in [1.807, 2.05) is 35.0 Å². The van der Waals surface area contributed by atoms with Crippen LogP contribution in [-0.4, -0.2) is 25.6 Å². The van der Waals surface area contributed by atoms with Crippen LogP contribution in [0, 0.1) is 0 Å². The Bertz CT molecular complexity index is 494. The monoisotopic (exact) mass is 231 g/mol. The molecule has 0 atom stereocenters. The van der Waals surface area contributed by atoms with Crippen molar-refractivity contribution < 1.29 is 0 Å². The first kappa shape index (κ1) is 10.5. The van der Waals surface area contributed by atoms with Crippen LogP contribution in [0.3, 0.4) is 0 Å². The standard InChI is InChI=1S/C12H17N5/c1-16-8-10(6-14-16)9-17-5-4-12(15-17)7-13-11-2-3-11/h4-6,8,11,13H,2-3,7,9H2,1H3. The Balaban J connectivity index is 1.59. The summed E-state index contributed by atoms with van der Waals surface area (Å²) in [5.74, 6) is 0. The molecular weight excluding hydrogens is 214 g/mol. The van der Waals surface area contributed by atoms with Crippen LogP contribution in [0.1, 0.15) is 24.1 Å². The molecule has 0 unspecified atom stereocenters. The van der Waals surface area contributed by atoms with Crippen LogP contribution in [0.25, 0.3) is 0 Å². The van der Waals surface area contributed by atoms with Crippen molar-refractivity contribution in [2.24, 2.45) is 7.05 Å². The minimum atomic E-state index is 0.735. The van der Waals surface area contributed by atoms with Crippen LogP contribution in [0.5, 0.6) is 0 Å². The first-order valence-corrected chi connectivity index (χ1v) is 6.03. The average Bonchev–Trinajstić information content (AvgIpc) is 2.90. The molecule has 0 amide bonds. The number of hydrogen-bond acceptors (Lipinski definition) is 3. The maximum absolute atomic E-state index is 4.53. The zero-order valence-electron chi connectivity index (χ0n) is 10.0. The van der Waals surface area contributed by atoms with Gasteiger partial charge in [-0.15, -0.1) is 0 Å². The van der Waals surface area contributed by atoms with Gasteiger partial charge in [-0.05, 0) is 18.9 Å². The van der Waals surface area contributed by atoms with E-state index in [4.69, 9.17) is 0 Å². The van der Waals surface area contributed by atoms with Gasteiger partial charge in [0.15, 0.2) is 0 Å². The first-order chi connectivity index (χ1) is 8.29. The fraction of sp³-hybridized carbons (Fsp3) is 0.500. The molecule has 0 aromatic carbocycles. The molecule has 1 fully saturated rings. The molecule has 2 aromatic rings. The molecule has 1 aliphatic rings. The number of rotatable bonds is 5. The van der Waals surface area contributed by atoms with E-state index in [0.29, 0.717) is 0 Å². The van der Waals surface area contributed by atoms with Gasteiger partial charge in [0, 0.05) is 37.6 Å². The zero-order chi connectivity index (χ0) is 11.7. The van der Waals surface area contributed by atoms with Crippen molar-refractivity contribution in [3.05, 3.63) is 35.9 Å². The highest BCUT2D eigenvalue weighted by molar-refractivity contribution is 5.06. The summed E-state index contributed by atoms with van der Waals surface area (Å²) in [6, 6.07) is 2.81. The maximum Gasteiger partial charge on any atom is 0.0762 e. The lowest BCUT2D eigenvalue weighted by molar-refractivity contribution is 0.631. The van der Waals surface area contributed by atoms with E-state index < -0.39 is 0 Å². The molecule has 1 saturated carbocycles. The quantitative estimate of drug-likeness (QED) is 0.832. The van der Waals surface area contributed by atoms with Gasteiger partial charge in [-0.3, -0.25) is 9.36 Å². The Kier molecular flexibility index (Phi) is 2.68. The van der Waals surface area contributed by atoms with Gasteiger partial charge in [0.2, 0.25) is 0 Å². The maximum atomic E-state index is 4.53. The molecule has 0 saturated heterocycles. The van der Waals surface area contributed by atoms with Crippen LogP contribution >= 0.6 is 0 Å². The Morgan fingerprint density at radius 3 is 3.06 bits per heavy atom. The Morgan fingerprint density at radius 1 is 1.47 bits per heavy atom. The van der Waals surface area contributed by atoms with E-state index in [1.54, 1.807) is 0 Å². The first-order valence-electron chi connectivity index (χ1n) is 6.03. The highest BCUT2D eigenvalue weighted by Crippen LogP contribution is 2.18. The molecule has 0 bridgehead atoms. The van der Waals surface area contributed by atoms with Crippen molar-refractivity contribution in [3.63, 3.8) is 0 Å². The molecule has 2 aromatic heterocycles. The van der Waals surface area contributed by atoms with Crippen molar-refractivity contribution in [3.8, 4) is 0 Å². The highest BCUT2D eigenvalue weighted by atomic mass is 15.3. The summed E-state index contributed by atoms with van der Waals surface area (Å²) >= 11 is 0. The molecule has 90 valence electrons. The van der Waals surface area contributed by atoms with Crippen molar-refractivity contribution in [1.29, 1.82) is 0 Å². The molecular formula is C12H17N5. The van der Waals surface area contributed by atoms with E-state index in [1.165, 1.54) is 18.4 Å². The summed E-state index contributed by atoms with van der Waals surface area (Å²) in [5.41, 5.74) is 2.29. The Morgan fingerprint density at radius 2 is 2.35 bits per heavy atom. The van der Waals surface area contributed by atoms with Crippen LogP contribution in [0.4, 0.5) is 0 Å². The molecule has 1 N–H and O–H groups in total. The summed E-state index contributed by atoms with van der Waals surface area (Å²) in [7, 11) is 1.93. The average molecular weight is 231 g/mol. The van der Waals surface area contributed by atoms with Gasteiger partial charge >= 0.3 is 0 Å². The fourth-order valence-electron chi connectivity index (χ4n) is 1.86. The molecule has 0 spiro atoms. The normalized spacial score (nSPS) is 15.4. The number of nitrogens with one attached hydrogen (secondary N) is 1. The fourth-order valence-corrected chi connectivity index (χ4v) is 1.86. The van der Waals surface area contributed by atoms with Crippen LogP contribution in [-0.2, 0) is 20.1 Å². The van der Waals surface area contributed by atoms with E-state index >= 15 is 0 Å². The van der Waals surface area contributed by atoms with Crippen LogP contribution in [0.15, 0.2) is 24.7 Å². The third-order valence-corrected chi connectivity index (χ3v) is 2.95. The second-order valence-electron chi connectivity index (χ2n) is 4.68. The molecule has 17 heavy (non-hydrogen) atoms. The van der Waals surface area contributed by atoms with Crippen molar-refractivity contribution in [2.45, 2.75) is 32.0 Å². The minimum Gasteiger partial charge on any atom is -0.308 e. The lowest BCUT2D eigenvalue weighted by Crippen LogP contribution is -2.16. The molecule has 1 aliphatic carbocycles. The summed E-state index contributed by atoms with van der Waals surface area (Å²) in [5, 5.41) is 12.1. The molecule has 3 rings (SSSR count). The molecule has 5 heteroatoms. The molecule has 5 nitrogen and oxygen atoms in total. The minimum absolute atomic E-state index is 0.735. The van der Waals surface area contributed by atoms with Gasteiger partial charge < -0.3 is 5.32 Å². The summed E-state index contributed by atoms with van der Waals surface area (Å²) in [4.78, 5) is 0. The third kappa shape index (κ3) is 2.74. The van der Waals surface area contributed by atoms with Gasteiger partial charge in [-0.2, -0.15) is 10.2 Å². The Labute approximate surface area is 100 Å². The summed E-state index contributed by atoms with van der Waals surface area (Å²) < 4.78 is 3.77. The van der Waals surface area contributed by atoms with Gasteiger partial charge in [0.25, 0.3) is 0 Å². The zero-order valence-corrected chi connectivity index (χ0v) is 10.0. The second kappa shape index (κ2) is 4.33. The lowest BCUT2D eigenvalue weighted by Gasteiger charge is -1.99. The third-order valence-electron chi connectivity index (χ3n) is 2.95. The Hall–Kier alpha value is -1.62. The van der Waals surface area contributed by atoms with Gasteiger partial charge in [-0.1, -0.05) is 0 Å². The predicted molar refractivity (Wildman–Crippen MR) is 64.4 cm³/mol. The second-order valence-corrected chi connectivity index (χ2v) is 4.68. The van der Waals surface area contributed by atoms with E-state index in [9.17, 15) is 0 Å².